The Morgan fingerprint density at radius 2 is 2.21 bits per heavy atom. The topological polar surface area (TPSA) is 72.4 Å². The zero-order valence-electron chi connectivity index (χ0n) is 10.2. The number of hydrogen-bond acceptors (Lipinski definition) is 6. The molecule has 0 spiro atoms. The Labute approximate surface area is 121 Å². The van der Waals surface area contributed by atoms with Crippen LogP contribution in [0.3, 0.4) is 0 Å². The fourth-order valence-corrected chi connectivity index (χ4v) is 2.84. The van der Waals surface area contributed by atoms with E-state index in [1.165, 1.54) is 0 Å². The summed E-state index contributed by atoms with van der Waals surface area (Å²) >= 11 is 11.6. The zero-order valence-corrected chi connectivity index (χ0v) is 12.5. The van der Waals surface area contributed by atoms with Crippen molar-refractivity contribution in [3.8, 4) is 0 Å². The average molecular weight is 326 g/mol. The highest BCUT2D eigenvalue weighted by molar-refractivity contribution is 7.85. The van der Waals surface area contributed by atoms with Gasteiger partial charge in [0.2, 0.25) is 5.28 Å². The molecule has 0 bridgehead atoms. The van der Waals surface area contributed by atoms with Gasteiger partial charge in [-0.05, 0) is 24.4 Å². The van der Waals surface area contributed by atoms with Crippen molar-refractivity contribution in [2.24, 2.45) is 0 Å². The summed E-state index contributed by atoms with van der Waals surface area (Å²) in [6.07, 6.45) is 2.79. The maximum absolute atomic E-state index is 11.0. The third kappa shape index (κ3) is 4.17. The Hall–Kier alpha value is -0.630. The Kier molecular flexibility index (Phi) is 4.50. The van der Waals surface area contributed by atoms with E-state index in [-0.39, 0.29) is 23.1 Å². The van der Waals surface area contributed by atoms with Crippen LogP contribution in [0.4, 0.5) is 5.82 Å². The minimum atomic E-state index is -3.45. The molecule has 1 aliphatic heterocycles. The van der Waals surface area contributed by atoms with Crippen molar-refractivity contribution in [1.29, 1.82) is 0 Å². The lowest BCUT2D eigenvalue weighted by Crippen LogP contribution is -2.34. The second-order valence-electron chi connectivity index (χ2n) is 4.30. The van der Waals surface area contributed by atoms with Crippen molar-refractivity contribution in [3.63, 3.8) is 0 Å². The maximum atomic E-state index is 11.0. The largest absolute Gasteiger partial charge is 0.351 e. The molecule has 1 saturated heterocycles. The van der Waals surface area contributed by atoms with Crippen LogP contribution in [0, 0.1) is 0 Å². The molecule has 1 aromatic rings. The quantitative estimate of drug-likeness (QED) is 0.477. The third-order valence-corrected chi connectivity index (χ3v) is 3.73. The number of aromatic nitrogens is 2. The first kappa shape index (κ1) is 14.8. The molecule has 2 heterocycles. The summed E-state index contributed by atoms with van der Waals surface area (Å²) in [7, 11) is -3.45. The molecule has 0 saturated carbocycles. The van der Waals surface area contributed by atoms with Crippen LogP contribution >= 0.6 is 23.2 Å². The van der Waals surface area contributed by atoms with E-state index in [2.05, 4.69) is 9.97 Å². The minimum Gasteiger partial charge on any atom is -0.351 e. The van der Waals surface area contributed by atoms with E-state index in [1.807, 2.05) is 4.90 Å². The van der Waals surface area contributed by atoms with E-state index < -0.39 is 10.1 Å². The molecule has 0 aliphatic carbocycles. The van der Waals surface area contributed by atoms with Crippen LogP contribution in [-0.2, 0) is 14.3 Å². The predicted molar refractivity (Wildman–Crippen MR) is 73.2 cm³/mol. The van der Waals surface area contributed by atoms with E-state index in [9.17, 15) is 8.42 Å². The van der Waals surface area contributed by atoms with Gasteiger partial charge in [-0.1, -0.05) is 11.6 Å². The molecule has 1 aliphatic rings. The monoisotopic (exact) mass is 325 g/mol. The van der Waals surface area contributed by atoms with Crippen LogP contribution in [-0.4, -0.2) is 43.8 Å². The van der Waals surface area contributed by atoms with Gasteiger partial charge in [0.15, 0.2) is 0 Å². The van der Waals surface area contributed by atoms with Crippen molar-refractivity contribution >= 4 is 39.1 Å². The van der Waals surface area contributed by atoms with Gasteiger partial charge in [-0.2, -0.15) is 8.42 Å². The summed E-state index contributed by atoms with van der Waals surface area (Å²) in [6, 6.07) is 1.54. The number of rotatable bonds is 4. The average Bonchev–Trinajstić information content (AvgIpc) is 2.72. The van der Waals surface area contributed by atoms with Crippen molar-refractivity contribution in [2.45, 2.75) is 18.9 Å². The molecule has 1 fully saturated rings. The van der Waals surface area contributed by atoms with Gasteiger partial charge >= 0.3 is 0 Å². The van der Waals surface area contributed by atoms with E-state index in [1.54, 1.807) is 6.07 Å². The highest BCUT2D eigenvalue weighted by Gasteiger charge is 2.27. The zero-order chi connectivity index (χ0) is 14.0. The standard InChI is InChI=1S/C10H13Cl2N3O3S/c1-19(16,17)18-6-7-3-2-4-15(7)9-5-8(11)13-10(12)14-9/h5,7H,2-4,6H2,1H3/t7-/m1/s1. The summed E-state index contributed by atoms with van der Waals surface area (Å²) < 4.78 is 26.9. The van der Waals surface area contributed by atoms with Gasteiger partial charge in [0, 0.05) is 12.6 Å². The summed E-state index contributed by atoms with van der Waals surface area (Å²) in [6.45, 7) is 0.847. The SMILES string of the molecule is CS(=O)(=O)OC[C@H]1CCCN1c1cc(Cl)nc(Cl)n1. The van der Waals surface area contributed by atoms with Gasteiger partial charge in [0.05, 0.1) is 18.9 Å². The lowest BCUT2D eigenvalue weighted by Gasteiger charge is -2.25. The van der Waals surface area contributed by atoms with Gasteiger partial charge in [-0.15, -0.1) is 0 Å². The number of anilines is 1. The summed E-state index contributed by atoms with van der Waals surface area (Å²) in [5, 5.41) is 0.321. The molecule has 0 radical (unpaired) electrons. The Morgan fingerprint density at radius 1 is 1.47 bits per heavy atom. The smallest absolute Gasteiger partial charge is 0.264 e. The maximum Gasteiger partial charge on any atom is 0.264 e. The molecule has 9 heteroatoms. The van der Waals surface area contributed by atoms with Crippen LogP contribution in [0.2, 0.25) is 10.4 Å². The predicted octanol–water partition coefficient (Wildman–Crippen LogP) is 1.73. The lowest BCUT2D eigenvalue weighted by atomic mass is 10.2. The Bertz CT molecular complexity index is 547. The van der Waals surface area contributed by atoms with Crippen LogP contribution in [0.5, 0.6) is 0 Å². The van der Waals surface area contributed by atoms with Crippen LogP contribution in [0.15, 0.2) is 6.07 Å². The van der Waals surface area contributed by atoms with Crippen molar-refractivity contribution in [2.75, 3.05) is 24.3 Å². The van der Waals surface area contributed by atoms with E-state index >= 15 is 0 Å². The van der Waals surface area contributed by atoms with Crippen LogP contribution in [0.1, 0.15) is 12.8 Å². The molecule has 19 heavy (non-hydrogen) atoms. The van der Waals surface area contributed by atoms with Gasteiger partial charge in [-0.25, -0.2) is 9.97 Å². The van der Waals surface area contributed by atoms with Crippen LogP contribution < -0.4 is 4.90 Å². The molecule has 0 aromatic carbocycles. The van der Waals surface area contributed by atoms with Gasteiger partial charge < -0.3 is 4.90 Å². The van der Waals surface area contributed by atoms with Gasteiger partial charge in [-0.3, -0.25) is 4.18 Å². The van der Waals surface area contributed by atoms with Crippen LogP contribution in [0.25, 0.3) is 0 Å². The van der Waals surface area contributed by atoms with Gasteiger partial charge in [0.25, 0.3) is 10.1 Å². The molecular formula is C10H13Cl2N3O3S. The highest BCUT2D eigenvalue weighted by Crippen LogP contribution is 2.26. The summed E-state index contributed by atoms with van der Waals surface area (Å²) in [5.74, 6) is 0.588. The summed E-state index contributed by atoms with van der Waals surface area (Å²) in [4.78, 5) is 9.82. The van der Waals surface area contributed by atoms with E-state index in [0.717, 1.165) is 25.6 Å². The highest BCUT2D eigenvalue weighted by atomic mass is 35.5. The third-order valence-electron chi connectivity index (χ3n) is 2.80. The molecule has 0 unspecified atom stereocenters. The molecule has 0 amide bonds. The number of halogens is 2. The molecule has 0 N–H and O–H groups in total. The molecule has 106 valence electrons. The van der Waals surface area contributed by atoms with Crippen molar-refractivity contribution in [1.82, 2.24) is 9.97 Å². The van der Waals surface area contributed by atoms with E-state index in [4.69, 9.17) is 27.4 Å². The molecular weight excluding hydrogens is 313 g/mol. The Morgan fingerprint density at radius 3 is 2.84 bits per heavy atom. The molecule has 1 aromatic heterocycles. The number of hydrogen-bond donors (Lipinski definition) is 0. The van der Waals surface area contributed by atoms with Gasteiger partial charge in [0.1, 0.15) is 11.0 Å². The normalized spacial score (nSPS) is 19.9. The lowest BCUT2D eigenvalue weighted by molar-refractivity contribution is 0.294. The Balaban J connectivity index is 2.14. The first-order valence-corrected chi connectivity index (χ1v) is 8.23. The molecule has 6 nitrogen and oxygen atoms in total. The number of nitrogens with zero attached hydrogens (tertiary/aromatic N) is 3. The molecule has 1 atom stereocenters. The fourth-order valence-electron chi connectivity index (χ4n) is 2.04. The minimum absolute atomic E-state index is 0.0586. The van der Waals surface area contributed by atoms with Crippen molar-refractivity contribution < 1.29 is 12.6 Å². The summed E-state index contributed by atoms with van der Waals surface area (Å²) in [5.41, 5.74) is 0. The second kappa shape index (κ2) is 5.78. The molecule has 2 rings (SSSR count). The first-order valence-electron chi connectivity index (χ1n) is 5.66. The van der Waals surface area contributed by atoms with Crippen molar-refractivity contribution in [3.05, 3.63) is 16.5 Å². The fraction of sp³-hybridized carbons (Fsp3) is 0.600. The first-order chi connectivity index (χ1) is 8.85. The second-order valence-corrected chi connectivity index (χ2v) is 6.67. The van der Waals surface area contributed by atoms with E-state index in [0.29, 0.717) is 5.82 Å².